The highest BCUT2D eigenvalue weighted by molar-refractivity contribution is 7.99. The van der Waals surface area contributed by atoms with Crippen LogP contribution in [0.2, 0.25) is 0 Å². The molecule has 0 N–H and O–H groups in total. The van der Waals surface area contributed by atoms with E-state index < -0.39 is 10.5 Å². The van der Waals surface area contributed by atoms with Crippen molar-refractivity contribution in [2.75, 3.05) is 0 Å². The molecule has 0 bridgehead atoms. The number of hydrogen-bond donors (Lipinski definition) is 0. The zero-order valence-electron chi connectivity index (χ0n) is 14.0. The predicted molar refractivity (Wildman–Crippen MR) is 99.7 cm³/mol. The number of rotatable bonds is 4. The van der Waals surface area contributed by atoms with Gasteiger partial charge in [0.2, 0.25) is 0 Å². The number of non-ortho nitro benzene ring substituents is 1. The molecule has 8 nitrogen and oxygen atoms in total. The number of benzene rings is 2. The molecule has 27 heavy (non-hydrogen) atoms. The fraction of sp³-hybridized carbons (Fsp3) is 0.0556. The van der Waals surface area contributed by atoms with Crippen molar-refractivity contribution in [2.45, 2.75) is 10.1 Å². The maximum atomic E-state index is 12.2. The number of fused-ring (bicyclic) bond motifs is 1. The minimum absolute atomic E-state index is 0.00397. The first-order valence-electron chi connectivity index (χ1n) is 7.88. The maximum Gasteiger partial charge on any atom is 0.350 e. The summed E-state index contributed by atoms with van der Waals surface area (Å²) in [4.78, 5) is 22.9. The fourth-order valence-corrected chi connectivity index (χ4v) is 3.41. The molecule has 134 valence electrons. The topological polar surface area (TPSA) is 104 Å². The summed E-state index contributed by atoms with van der Waals surface area (Å²) in [5, 5.41) is 20.4. The number of aromatic nitrogens is 3. The maximum absolute atomic E-state index is 12.2. The molecule has 0 fully saturated rings. The first-order valence-corrected chi connectivity index (χ1v) is 8.69. The Bertz CT molecular complexity index is 1210. The van der Waals surface area contributed by atoms with Crippen LogP contribution >= 0.6 is 11.8 Å². The van der Waals surface area contributed by atoms with Crippen molar-refractivity contribution in [3.63, 3.8) is 0 Å². The number of nitrogens with zero attached hydrogens (tertiary/aromatic N) is 4. The van der Waals surface area contributed by atoms with Crippen LogP contribution in [-0.4, -0.2) is 19.7 Å². The van der Waals surface area contributed by atoms with E-state index in [4.69, 9.17) is 4.42 Å². The van der Waals surface area contributed by atoms with Gasteiger partial charge in [-0.2, -0.15) is 0 Å². The van der Waals surface area contributed by atoms with Gasteiger partial charge in [-0.1, -0.05) is 18.2 Å². The molecule has 0 aliphatic rings. The Kier molecular flexibility index (Phi) is 4.21. The van der Waals surface area contributed by atoms with Crippen LogP contribution in [0.5, 0.6) is 0 Å². The zero-order chi connectivity index (χ0) is 19.0. The molecule has 4 aromatic rings. The summed E-state index contributed by atoms with van der Waals surface area (Å²) < 4.78 is 7.06. The zero-order valence-corrected chi connectivity index (χ0v) is 14.8. The lowest BCUT2D eigenvalue weighted by molar-refractivity contribution is -0.384. The predicted octanol–water partition coefficient (Wildman–Crippen LogP) is 3.65. The molecule has 0 saturated heterocycles. The van der Waals surface area contributed by atoms with Gasteiger partial charge in [-0.25, -0.2) is 4.79 Å². The summed E-state index contributed by atoms with van der Waals surface area (Å²) in [6.45, 7) is 0. The van der Waals surface area contributed by atoms with Gasteiger partial charge in [-0.3, -0.25) is 10.1 Å². The molecule has 2 aromatic carbocycles. The third-order valence-corrected chi connectivity index (χ3v) is 5.02. The minimum atomic E-state index is -0.458. The van der Waals surface area contributed by atoms with Gasteiger partial charge in [0, 0.05) is 30.1 Å². The van der Waals surface area contributed by atoms with Crippen LogP contribution in [0, 0.1) is 10.1 Å². The van der Waals surface area contributed by atoms with Gasteiger partial charge in [0.15, 0.2) is 11.0 Å². The highest BCUT2D eigenvalue weighted by Gasteiger charge is 2.16. The van der Waals surface area contributed by atoms with E-state index in [9.17, 15) is 14.9 Å². The molecule has 0 atom stereocenters. The van der Waals surface area contributed by atoms with E-state index in [1.165, 1.54) is 12.1 Å². The van der Waals surface area contributed by atoms with Crippen molar-refractivity contribution in [3.8, 4) is 11.4 Å². The van der Waals surface area contributed by atoms with Crippen molar-refractivity contribution in [2.24, 2.45) is 7.05 Å². The average Bonchev–Trinajstić information content (AvgIpc) is 3.03. The van der Waals surface area contributed by atoms with Crippen LogP contribution in [0.4, 0.5) is 5.69 Å². The van der Waals surface area contributed by atoms with Crippen molar-refractivity contribution >= 4 is 28.4 Å². The van der Waals surface area contributed by atoms with Gasteiger partial charge in [0.25, 0.3) is 5.69 Å². The molecule has 0 saturated carbocycles. The first kappa shape index (κ1) is 17.0. The molecule has 0 radical (unpaired) electrons. The monoisotopic (exact) mass is 380 g/mol. The molecule has 0 unspecified atom stereocenters. The van der Waals surface area contributed by atoms with Crippen molar-refractivity contribution in [1.82, 2.24) is 14.8 Å². The van der Waals surface area contributed by atoms with E-state index in [0.29, 0.717) is 27.0 Å². The molecule has 4 rings (SSSR count). The summed E-state index contributed by atoms with van der Waals surface area (Å²) >= 11 is 1.15. The third-order valence-electron chi connectivity index (χ3n) is 3.98. The number of para-hydroxylation sites is 1. The SMILES string of the molecule is Cn1c(Sc2cc3ccccc3oc2=O)nnc1-c1ccc([N+](=O)[O-])cc1. The third kappa shape index (κ3) is 3.20. The minimum Gasteiger partial charge on any atom is -0.422 e. The van der Waals surface area contributed by atoms with Crippen molar-refractivity contribution < 1.29 is 9.34 Å². The lowest BCUT2D eigenvalue weighted by Gasteiger charge is -2.04. The normalized spacial score (nSPS) is 11.0. The molecule has 0 aliphatic carbocycles. The van der Waals surface area contributed by atoms with E-state index in [2.05, 4.69) is 10.2 Å². The van der Waals surface area contributed by atoms with Gasteiger partial charge in [0.05, 0.1) is 4.92 Å². The summed E-state index contributed by atoms with van der Waals surface area (Å²) in [7, 11) is 1.77. The standard InChI is InChI=1S/C18H12N4O4S/c1-21-16(11-6-8-13(9-7-11)22(24)25)19-20-18(21)27-15-10-12-4-2-3-5-14(12)26-17(15)23/h2-10H,1H3. The Morgan fingerprint density at radius 1 is 1.11 bits per heavy atom. The van der Waals surface area contributed by atoms with E-state index >= 15 is 0 Å². The first-order chi connectivity index (χ1) is 13.0. The van der Waals surface area contributed by atoms with Crippen molar-refractivity contribution in [3.05, 3.63) is 75.1 Å². The number of nitro benzene ring substituents is 1. The molecular formula is C18H12N4O4S. The highest BCUT2D eigenvalue weighted by atomic mass is 32.2. The smallest absolute Gasteiger partial charge is 0.350 e. The second-order valence-corrected chi connectivity index (χ2v) is 6.72. The lowest BCUT2D eigenvalue weighted by Crippen LogP contribution is -2.03. The Hall–Kier alpha value is -3.46. The number of nitro groups is 1. The summed E-state index contributed by atoms with van der Waals surface area (Å²) in [5.74, 6) is 0.539. The fourth-order valence-electron chi connectivity index (χ4n) is 2.60. The van der Waals surface area contributed by atoms with Crippen LogP contribution in [0.15, 0.2) is 73.9 Å². The van der Waals surface area contributed by atoms with E-state index in [-0.39, 0.29) is 5.69 Å². The lowest BCUT2D eigenvalue weighted by atomic mass is 10.2. The molecule has 0 spiro atoms. The Morgan fingerprint density at radius 3 is 2.59 bits per heavy atom. The summed E-state index contributed by atoms with van der Waals surface area (Å²) in [6, 6.07) is 15.1. The Morgan fingerprint density at radius 2 is 1.85 bits per heavy atom. The van der Waals surface area contributed by atoms with Gasteiger partial charge >= 0.3 is 5.63 Å². The van der Waals surface area contributed by atoms with Gasteiger partial charge in [0.1, 0.15) is 10.5 Å². The van der Waals surface area contributed by atoms with Crippen LogP contribution in [0.3, 0.4) is 0 Å². The molecule has 2 heterocycles. The summed E-state index contributed by atoms with van der Waals surface area (Å²) in [5.41, 5.74) is 0.771. The van der Waals surface area contributed by atoms with E-state index in [0.717, 1.165) is 17.1 Å². The van der Waals surface area contributed by atoms with Crippen molar-refractivity contribution in [1.29, 1.82) is 0 Å². The van der Waals surface area contributed by atoms with Gasteiger partial charge in [-0.05, 0) is 36.0 Å². The summed E-state index contributed by atoms with van der Waals surface area (Å²) in [6.07, 6.45) is 0. The Balaban J connectivity index is 1.67. The molecule has 9 heteroatoms. The van der Waals surface area contributed by atoms with E-state index in [1.807, 2.05) is 12.1 Å². The van der Waals surface area contributed by atoms with Crippen LogP contribution in [0.1, 0.15) is 0 Å². The van der Waals surface area contributed by atoms with Crippen LogP contribution in [0.25, 0.3) is 22.4 Å². The van der Waals surface area contributed by atoms with Gasteiger partial charge in [-0.15, -0.1) is 10.2 Å². The van der Waals surface area contributed by atoms with Crippen LogP contribution < -0.4 is 5.63 Å². The van der Waals surface area contributed by atoms with Gasteiger partial charge < -0.3 is 8.98 Å². The molecule has 0 aliphatic heterocycles. The Labute approximate surface area is 156 Å². The molecule has 0 amide bonds. The second-order valence-electron chi connectivity index (χ2n) is 5.71. The molecule has 2 aromatic heterocycles. The quantitative estimate of drug-likeness (QED) is 0.302. The molecular weight excluding hydrogens is 368 g/mol. The highest BCUT2D eigenvalue weighted by Crippen LogP contribution is 2.29. The largest absolute Gasteiger partial charge is 0.422 e. The van der Waals surface area contributed by atoms with E-state index in [1.54, 1.807) is 41.9 Å². The second kappa shape index (κ2) is 6.69. The average molecular weight is 380 g/mol. The number of hydrogen-bond acceptors (Lipinski definition) is 7. The van der Waals surface area contributed by atoms with Crippen LogP contribution in [-0.2, 0) is 7.05 Å².